The summed E-state index contributed by atoms with van der Waals surface area (Å²) in [5.41, 5.74) is 3.26. The number of rotatable bonds is 2. The summed E-state index contributed by atoms with van der Waals surface area (Å²) >= 11 is 5.76. The fraction of sp³-hybridized carbons (Fsp3) is 0.143. The predicted molar refractivity (Wildman–Crippen MR) is 60.1 cm³/mol. The van der Waals surface area contributed by atoms with Crippen LogP contribution in [0.4, 0.5) is 5.69 Å². The van der Waals surface area contributed by atoms with Crippen LogP contribution in [-0.2, 0) is 4.57 Å². The van der Waals surface area contributed by atoms with Gasteiger partial charge in [-0.15, -0.1) is 0 Å². The molecule has 0 bridgehead atoms. The van der Waals surface area contributed by atoms with Crippen molar-refractivity contribution >= 4 is 25.1 Å². The van der Waals surface area contributed by atoms with Crippen LogP contribution in [0.2, 0.25) is 5.02 Å². The van der Waals surface area contributed by atoms with Crippen LogP contribution in [0.5, 0.6) is 5.75 Å². The second-order valence-corrected chi connectivity index (χ2v) is 3.94. The molecular formula is C7H12ClN2O5P. The number of methoxy groups -OCH3 is 1. The molecule has 1 aromatic rings. The van der Waals surface area contributed by atoms with Crippen LogP contribution in [0.1, 0.15) is 0 Å². The van der Waals surface area contributed by atoms with Gasteiger partial charge in [0.05, 0.1) is 17.8 Å². The molecule has 92 valence electrons. The first-order valence-corrected chi connectivity index (χ1v) is 5.80. The average molecular weight is 271 g/mol. The van der Waals surface area contributed by atoms with E-state index in [0.717, 1.165) is 5.69 Å². The first-order valence-electron chi connectivity index (χ1n) is 3.86. The van der Waals surface area contributed by atoms with Crippen LogP contribution >= 0.6 is 19.4 Å². The number of halogens is 1. The van der Waals surface area contributed by atoms with Crippen molar-refractivity contribution in [1.82, 2.24) is 0 Å². The highest BCUT2D eigenvalue weighted by Gasteiger charge is 2.00. The Morgan fingerprint density at radius 2 is 1.94 bits per heavy atom. The standard InChI is InChI=1S/C7H9ClN2O.H3O4P/c1-11-7-4-5(10-9)2-3-6(7)8;1-5(2,3)4/h2-4,10H,9H2,1H3;(H3,1,2,3,4). The summed E-state index contributed by atoms with van der Waals surface area (Å²) in [7, 11) is -3.08. The van der Waals surface area contributed by atoms with E-state index >= 15 is 0 Å². The molecule has 9 heteroatoms. The van der Waals surface area contributed by atoms with Gasteiger partial charge in [-0.1, -0.05) is 11.6 Å². The quantitative estimate of drug-likeness (QED) is 0.304. The number of nitrogen functional groups attached to an aromatic ring is 1. The van der Waals surface area contributed by atoms with Gasteiger partial charge in [0.1, 0.15) is 5.75 Å². The first-order chi connectivity index (χ1) is 7.27. The minimum atomic E-state index is -4.64. The molecule has 0 saturated heterocycles. The van der Waals surface area contributed by atoms with Gasteiger partial charge in [0.25, 0.3) is 0 Å². The monoisotopic (exact) mass is 270 g/mol. The van der Waals surface area contributed by atoms with Crippen molar-refractivity contribution in [2.45, 2.75) is 0 Å². The maximum atomic E-state index is 8.88. The highest BCUT2D eigenvalue weighted by Crippen LogP contribution is 2.26. The molecule has 1 rings (SSSR count). The van der Waals surface area contributed by atoms with Crippen molar-refractivity contribution in [2.24, 2.45) is 5.84 Å². The summed E-state index contributed by atoms with van der Waals surface area (Å²) in [6.07, 6.45) is 0. The van der Waals surface area contributed by atoms with Crippen molar-refractivity contribution in [1.29, 1.82) is 0 Å². The van der Waals surface area contributed by atoms with Crippen molar-refractivity contribution in [2.75, 3.05) is 12.5 Å². The zero-order valence-corrected chi connectivity index (χ0v) is 9.94. The van der Waals surface area contributed by atoms with Crippen molar-refractivity contribution in [3.8, 4) is 5.75 Å². The fourth-order valence-electron chi connectivity index (χ4n) is 0.750. The Morgan fingerprint density at radius 3 is 2.31 bits per heavy atom. The molecule has 0 aliphatic carbocycles. The van der Waals surface area contributed by atoms with E-state index in [9.17, 15) is 0 Å². The Kier molecular flexibility index (Phi) is 6.35. The van der Waals surface area contributed by atoms with E-state index in [-0.39, 0.29) is 0 Å². The summed E-state index contributed by atoms with van der Waals surface area (Å²) in [5, 5.41) is 0.575. The number of benzene rings is 1. The van der Waals surface area contributed by atoms with Gasteiger partial charge in [0.15, 0.2) is 0 Å². The molecule has 0 aromatic heterocycles. The molecule has 0 amide bonds. The zero-order chi connectivity index (χ0) is 12.8. The molecule has 0 radical (unpaired) electrons. The Balaban J connectivity index is 0.000000385. The lowest BCUT2D eigenvalue weighted by atomic mass is 10.3. The lowest BCUT2D eigenvalue weighted by Gasteiger charge is -2.04. The van der Waals surface area contributed by atoms with Crippen LogP contribution in [0.3, 0.4) is 0 Å². The minimum absolute atomic E-state index is 0.575. The maximum absolute atomic E-state index is 8.88. The van der Waals surface area contributed by atoms with Gasteiger partial charge in [-0.2, -0.15) is 0 Å². The van der Waals surface area contributed by atoms with E-state index in [1.54, 1.807) is 25.3 Å². The molecule has 0 unspecified atom stereocenters. The predicted octanol–water partition coefficient (Wildman–Crippen LogP) is 0.706. The molecule has 7 nitrogen and oxygen atoms in total. The summed E-state index contributed by atoms with van der Waals surface area (Å²) in [6.45, 7) is 0. The second-order valence-electron chi connectivity index (χ2n) is 2.51. The molecule has 0 saturated carbocycles. The Hall–Kier alpha value is -0.820. The van der Waals surface area contributed by atoms with E-state index in [2.05, 4.69) is 5.43 Å². The highest BCUT2D eigenvalue weighted by atomic mass is 35.5. The summed E-state index contributed by atoms with van der Waals surface area (Å²) in [4.78, 5) is 21.6. The number of phosphoric acid groups is 1. The van der Waals surface area contributed by atoms with Gasteiger partial charge in [-0.25, -0.2) is 4.57 Å². The normalized spacial score (nSPS) is 10.1. The van der Waals surface area contributed by atoms with Crippen LogP contribution in [0.15, 0.2) is 18.2 Å². The third-order valence-corrected chi connectivity index (χ3v) is 1.63. The summed E-state index contributed by atoms with van der Waals surface area (Å²) in [6, 6.07) is 5.21. The van der Waals surface area contributed by atoms with Crippen LogP contribution < -0.4 is 16.0 Å². The topological polar surface area (TPSA) is 125 Å². The molecule has 0 spiro atoms. The highest BCUT2D eigenvalue weighted by molar-refractivity contribution is 7.45. The minimum Gasteiger partial charge on any atom is -0.495 e. The van der Waals surface area contributed by atoms with Gasteiger partial charge in [0, 0.05) is 6.07 Å². The van der Waals surface area contributed by atoms with Crippen molar-refractivity contribution in [3.63, 3.8) is 0 Å². The molecule has 1 aromatic carbocycles. The van der Waals surface area contributed by atoms with Gasteiger partial charge in [-0.3, -0.25) is 5.84 Å². The third kappa shape index (κ3) is 7.47. The zero-order valence-electron chi connectivity index (χ0n) is 8.29. The van der Waals surface area contributed by atoms with Gasteiger partial charge in [-0.05, 0) is 12.1 Å². The first kappa shape index (κ1) is 15.2. The Morgan fingerprint density at radius 1 is 1.44 bits per heavy atom. The van der Waals surface area contributed by atoms with E-state index in [1.807, 2.05) is 0 Å². The van der Waals surface area contributed by atoms with Gasteiger partial charge >= 0.3 is 7.82 Å². The van der Waals surface area contributed by atoms with Crippen LogP contribution in [-0.4, -0.2) is 21.8 Å². The molecule has 6 N–H and O–H groups in total. The van der Waals surface area contributed by atoms with E-state index in [0.29, 0.717) is 10.8 Å². The third-order valence-electron chi connectivity index (χ3n) is 1.32. The van der Waals surface area contributed by atoms with Crippen LogP contribution in [0, 0.1) is 0 Å². The molecule has 0 aliphatic rings. The fourth-order valence-corrected chi connectivity index (χ4v) is 0.944. The Labute approximate surface area is 97.0 Å². The van der Waals surface area contributed by atoms with Gasteiger partial charge < -0.3 is 24.8 Å². The largest absolute Gasteiger partial charge is 0.495 e. The molecule has 0 atom stereocenters. The number of anilines is 1. The van der Waals surface area contributed by atoms with Crippen LogP contribution in [0.25, 0.3) is 0 Å². The average Bonchev–Trinajstić information content (AvgIpc) is 2.16. The number of hydrogen-bond donors (Lipinski definition) is 5. The van der Waals surface area contributed by atoms with Crippen molar-refractivity contribution < 1.29 is 24.0 Å². The smallest absolute Gasteiger partial charge is 0.466 e. The molecule has 0 fully saturated rings. The lowest BCUT2D eigenvalue weighted by molar-refractivity contribution is 0.275. The number of nitrogens with two attached hydrogens (primary N) is 1. The summed E-state index contributed by atoms with van der Waals surface area (Å²) < 4.78 is 13.8. The van der Waals surface area contributed by atoms with E-state index < -0.39 is 7.82 Å². The molecule has 16 heavy (non-hydrogen) atoms. The van der Waals surface area contributed by atoms with E-state index in [1.165, 1.54) is 0 Å². The molecule has 0 aliphatic heterocycles. The molecule has 0 heterocycles. The lowest BCUT2D eigenvalue weighted by Crippen LogP contribution is -2.06. The maximum Gasteiger partial charge on any atom is 0.466 e. The number of hydrazine groups is 1. The Bertz CT molecular complexity index is 375. The second kappa shape index (κ2) is 6.70. The SMILES string of the molecule is COc1cc(NN)ccc1Cl.O=P(O)(O)O. The summed E-state index contributed by atoms with van der Waals surface area (Å²) in [5.74, 6) is 5.79. The van der Waals surface area contributed by atoms with Gasteiger partial charge in [0.2, 0.25) is 0 Å². The number of nitrogens with one attached hydrogen (secondary N) is 1. The number of hydrogen-bond acceptors (Lipinski definition) is 4. The van der Waals surface area contributed by atoms with E-state index in [4.69, 9.17) is 41.4 Å². The number of ether oxygens (including phenoxy) is 1. The molecular weight excluding hydrogens is 259 g/mol. The van der Waals surface area contributed by atoms with Crippen molar-refractivity contribution in [3.05, 3.63) is 23.2 Å².